The predicted molar refractivity (Wildman–Crippen MR) is 77.7 cm³/mol. The fraction of sp³-hybridized carbons (Fsp3) is 0.385. The molecule has 2 rings (SSSR count). The van der Waals surface area contributed by atoms with Crippen molar-refractivity contribution in [2.75, 3.05) is 6.54 Å². The summed E-state index contributed by atoms with van der Waals surface area (Å²) >= 11 is 1.24. The summed E-state index contributed by atoms with van der Waals surface area (Å²) in [6.07, 6.45) is 0. The molecule has 7 nitrogen and oxygen atoms in total. The van der Waals surface area contributed by atoms with E-state index in [-0.39, 0.29) is 30.7 Å². The number of carbonyl (C=O) groups is 2. The molecule has 0 unspecified atom stereocenters. The molecule has 0 atom stereocenters. The number of nitrogens with zero attached hydrogens (tertiary/aromatic N) is 2. The summed E-state index contributed by atoms with van der Waals surface area (Å²) in [5, 5.41) is 8.52. The second kappa shape index (κ2) is 6.82. The Morgan fingerprint density at radius 2 is 2.09 bits per heavy atom. The Balaban J connectivity index is 1.94. The lowest BCUT2D eigenvalue weighted by atomic mass is 10.4. The molecule has 0 aromatic carbocycles. The second-order valence-corrected chi connectivity index (χ2v) is 5.93. The fourth-order valence-electron chi connectivity index (χ4n) is 1.55. The van der Waals surface area contributed by atoms with Crippen LogP contribution in [0.15, 0.2) is 16.7 Å². The van der Waals surface area contributed by atoms with Gasteiger partial charge in [0.2, 0.25) is 17.6 Å². The number of hydrogen-bond donors (Lipinski definition) is 2. The quantitative estimate of drug-likeness (QED) is 0.831. The highest BCUT2D eigenvalue weighted by molar-refractivity contribution is 7.15. The van der Waals surface area contributed by atoms with Gasteiger partial charge in [0.15, 0.2) is 0 Å². The molecule has 0 saturated heterocycles. The van der Waals surface area contributed by atoms with Gasteiger partial charge in [-0.15, -0.1) is 11.3 Å². The third kappa shape index (κ3) is 4.81. The number of halogens is 2. The lowest BCUT2D eigenvalue weighted by Crippen LogP contribution is -2.35. The second-order valence-electron chi connectivity index (χ2n) is 4.76. The molecule has 2 aromatic rings. The zero-order chi connectivity index (χ0) is 17.0. The van der Waals surface area contributed by atoms with Crippen LogP contribution in [-0.4, -0.2) is 28.5 Å². The van der Waals surface area contributed by atoms with E-state index in [0.717, 1.165) is 4.88 Å². The van der Waals surface area contributed by atoms with E-state index in [2.05, 4.69) is 25.3 Å². The molecule has 0 bridgehead atoms. The summed E-state index contributed by atoms with van der Waals surface area (Å²) < 4.78 is 30.6. The normalized spacial score (nSPS) is 11.3. The monoisotopic (exact) mass is 344 g/mol. The molecule has 0 saturated carbocycles. The molecular weight excluding hydrogens is 330 g/mol. The van der Waals surface area contributed by atoms with E-state index in [1.165, 1.54) is 18.3 Å². The Kier molecular flexibility index (Phi) is 5.04. The third-order valence-electron chi connectivity index (χ3n) is 2.64. The molecule has 0 aliphatic rings. The summed E-state index contributed by atoms with van der Waals surface area (Å²) in [5.74, 6) is -4.49. The van der Waals surface area contributed by atoms with E-state index < -0.39 is 11.8 Å². The summed E-state index contributed by atoms with van der Waals surface area (Å²) in [7, 11) is 0. The van der Waals surface area contributed by atoms with Crippen molar-refractivity contribution in [3.8, 4) is 10.7 Å². The van der Waals surface area contributed by atoms with Crippen LogP contribution in [0.1, 0.15) is 24.6 Å². The number of thiophene rings is 1. The minimum atomic E-state index is -3.19. The molecule has 2 aromatic heterocycles. The van der Waals surface area contributed by atoms with Crippen molar-refractivity contribution in [2.24, 2.45) is 0 Å². The highest BCUT2D eigenvalue weighted by atomic mass is 32.1. The maximum atomic E-state index is 13.1. The first kappa shape index (κ1) is 17.0. The van der Waals surface area contributed by atoms with E-state index in [1.807, 2.05) is 0 Å². The standard InChI is InChI=1S/C13H14F2N4O3S/c1-7(20)16-6-10(21)17-5-8-3-4-9(23-8)11-18-12(22-19-11)13(2,14)15/h3-4H,5-6H2,1-2H3,(H,16,20)(H,17,21). The van der Waals surface area contributed by atoms with Gasteiger partial charge < -0.3 is 15.2 Å². The van der Waals surface area contributed by atoms with Crippen LogP contribution >= 0.6 is 11.3 Å². The summed E-state index contributed by atoms with van der Waals surface area (Å²) in [4.78, 5) is 27.1. The van der Waals surface area contributed by atoms with Gasteiger partial charge in [-0.1, -0.05) is 5.16 Å². The molecule has 124 valence electrons. The molecule has 10 heteroatoms. The van der Waals surface area contributed by atoms with Gasteiger partial charge in [-0.25, -0.2) is 0 Å². The highest BCUT2D eigenvalue weighted by Crippen LogP contribution is 2.30. The van der Waals surface area contributed by atoms with E-state index in [0.29, 0.717) is 11.8 Å². The van der Waals surface area contributed by atoms with Gasteiger partial charge in [-0.05, 0) is 12.1 Å². The van der Waals surface area contributed by atoms with Crippen molar-refractivity contribution in [1.82, 2.24) is 20.8 Å². The molecule has 2 amide bonds. The average molecular weight is 344 g/mol. The van der Waals surface area contributed by atoms with Gasteiger partial charge in [0.05, 0.1) is 18.0 Å². The number of rotatable bonds is 6. The Hall–Kier alpha value is -2.36. The molecular formula is C13H14F2N4O3S. The molecule has 0 aliphatic carbocycles. The van der Waals surface area contributed by atoms with Gasteiger partial charge in [-0.2, -0.15) is 13.8 Å². The summed E-state index contributed by atoms with van der Waals surface area (Å²) in [6, 6.07) is 3.38. The number of amides is 2. The fourth-order valence-corrected chi connectivity index (χ4v) is 2.42. The number of alkyl halides is 2. The SMILES string of the molecule is CC(=O)NCC(=O)NCc1ccc(-c2noc(C(C)(F)F)n2)s1. The van der Waals surface area contributed by atoms with Crippen LogP contribution < -0.4 is 10.6 Å². The number of aromatic nitrogens is 2. The molecule has 0 spiro atoms. The van der Waals surface area contributed by atoms with Crippen LogP contribution in [0.3, 0.4) is 0 Å². The lowest BCUT2D eigenvalue weighted by Gasteiger charge is -2.03. The molecule has 2 heterocycles. The van der Waals surface area contributed by atoms with E-state index in [1.54, 1.807) is 12.1 Å². The smallest absolute Gasteiger partial charge is 0.322 e. The first-order valence-electron chi connectivity index (χ1n) is 6.58. The van der Waals surface area contributed by atoms with Crippen LogP contribution in [-0.2, 0) is 22.1 Å². The van der Waals surface area contributed by atoms with E-state index in [4.69, 9.17) is 0 Å². The van der Waals surface area contributed by atoms with Gasteiger partial charge in [0, 0.05) is 18.7 Å². The molecule has 0 radical (unpaired) electrons. The number of carbonyl (C=O) groups excluding carboxylic acids is 2. The molecule has 2 N–H and O–H groups in total. The maximum Gasteiger partial charge on any atom is 0.322 e. The van der Waals surface area contributed by atoms with Crippen molar-refractivity contribution in [1.29, 1.82) is 0 Å². The molecule has 0 fully saturated rings. The van der Waals surface area contributed by atoms with Crippen molar-refractivity contribution in [3.05, 3.63) is 22.9 Å². The number of hydrogen-bond acceptors (Lipinski definition) is 6. The molecule has 0 aliphatic heterocycles. The zero-order valence-electron chi connectivity index (χ0n) is 12.4. The van der Waals surface area contributed by atoms with Gasteiger partial charge >= 0.3 is 5.92 Å². The number of nitrogens with one attached hydrogen (secondary N) is 2. The zero-order valence-corrected chi connectivity index (χ0v) is 13.2. The van der Waals surface area contributed by atoms with Gasteiger partial charge in [-0.3, -0.25) is 9.59 Å². The van der Waals surface area contributed by atoms with Gasteiger partial charge in [0.1, 0.15) is 0 Å². The van der Waals surface area contributed by atoms with Crippen LogP contribution in [0.5, 0.6) is 0 Å². The van der Waals surface area contributed by atoms with Crippen molar-refractivity contribution < 1.29 is 22.9 Å². The Morgan fingerprint density at radius 3 is 2.70 bits per heavy atom. The van der Waals surface area contributed by atoms with Crippen molar-refractivity contribution >= 4 is 23.2 Å². The summed E-state index contributed by atoms with van der Waals surface area (Å²) in [6.45, 7) is 2.14. The van der Waals surface area contributed by atoms with Crippen LogP contribution in [0.2, 0.25) is 0 Å². The van der Waals surface area contributed by atoms with Crippen molar-refractivity contribution in [2.45, 2.75) is 26.3 Å². The third-order valence-corrected chi connectivity index (χ3v) is 3.72. The average Bonchev–Trinajstić information content (AvgIpc) is 3.10. The first-order valence-corrected chi connectivity index (χ1v) is 7.39. The minimum absolute atomic E-state index is 0.0716. The topological polar surface area (TPSA) is 97.1 Å². The van der Waals surface area contributed by atoms with E-state index >= 15 is 0 Å². The van der Waals surface area contributed by atoms with Crippen LogP contribution in [0.4, 0.5) is 8.78 Å². The highest BCUT2D eigenvalue weighted by Gasteiger charge is 2.32. The van der Waals surface area contributed by atoms with E-state index in [9.17, 15) is 18.4 Å². The van der Waals surface area contributed by atoms with Crippen LogP contribution in [0.25, 0.3) is 10.7 Å². The van der Waals surface area contributed by atoms with Crippen molar-refractivity contribution in [3.63, 3.8) is 0 Å². The Morgan fingerprint density at radius 1 is 1.35 bits per heavy atom. The van der Waals surface area contributed by atoms with Crippen LogP contribution in [0, 0.1) is 0 Å². The largest absolute Gasteiger partial charge is 0.350 e. The Bertz CT molecular complexity index is 708. The first-order chi connectivity index (χ1) is 10.8. The minimum Gasteiger partial charge on any atom is -0.350 e. The Labute approximate surface area is 134 Å². The molecule has 23 heavy (non-hydrogen) atoms. The maximum absolute atomic E-state index is 13.1. The predicted octanol–water partition coefficient (Wildman–Crippen LogP) is 1.66. The van der Waals surface area contributed by atoms with Gasteiger partial charge in [0.25, 0.3) is 5.89 Å². The lowest BCUT2D eigenvalue weighted by molar-refractivity contribution is -0.125. The summed E-state index contributed by atoms with van der Waals surface area (Å²) in [5.41, 5.74) is 0.